The van der Waals surface area contributed by atoms with Crippen LogP contribution in [0.4, 0.5) is 4.79 Å². The molecule has 0 spiro atoms. The summed E-state index contributed by atoms with van der Waals surface area (Å²) in [4.78, 5) is 27.2. The third-order valence-electron chi connectivity index (χ3n) is 5.43. The van der Waals surface area contributed by atoms with Crippen LogP contribution >= 0.6 is 0 Å². The van der Waals surface area contributed by atoms with E-state index in [1.807, 2.05) is 30.3 Å². The van der Waals surface area contributed by atoms with Crippen molar-refractivity contribution >= 4 is 11.9 Å². The molecule has 1 N–H and O–H groups in total. The lowest BCUT2D eigenvalue weighted by Crippen LogP contribution is -2.40. The predicted molar refractivity (Wildman–Crippen MR) is 108 cm³/mol. The number of fused-ring (bicyclic) bond motifs is 1. The number of nitrogens with one attached hydrogen (secondary N) is 1. The SMILES string of the molecule is C[C@]1(c2ccc3c(c2)OCCCO3)NC(=O)N(Cc2nnnn2-c2ccccc2)C1=O. The number of nitrogens with zero attached hydrogens (tertiary/aromatic N) is 5. The monoisotopic (exact) mass is 420 g/mol. The minimum Gasteiger partial charge on any atom is -0.490 e. The summed E-state index contributed by atoms with van der Waals surface area (Å²) in [5, 5.41) is 14.5. The van der Waals surface area contributed by atoms with Crippen LogP contribution in [-0.4, -0.2) is 50.3 Å². The van der Waals surface area contributed by atoms with E-state index in [1.165, 1.54) is 4.68 Å². The molecule has 1 fully saturated rings. The summed E-state index contributed by atoms with van der Waals surface area (Å²) in [6, 6.07) is 14.0. The molecule has 0 bridgehead atoms. The molecule has 0 aliphatic carbocycles. The Labute approximate surface area is 177 Å². The number of ether oxygens (including phenoxy) is 2. The van der Waals surface area contributed by atoms with Gasteiger partial charge in [0.2, 0.25) is 0 Å². The summed E-state index contributed by atoms with van der Waals surface area (Å²) in [5.41, 5.74) is 0.104. The maximum Gasteiger partial charge on any atom is 0.325 e. The van der Waals surface area contributed by atoms with Crippen molar-refractivity contribution in [2.45, 2.75) is 25.4 Å². The highest BCUT2D eigenvalue weighted by Gasteiger charge is 2.49. The van der Waals surface area contributed by atoms with E-state index >= 15 is 0 Å². The molecule has 10 heteroatoms. The fourth-order valence-corrected chi connectivity index (χ4v) is 3.73. The molecule has 3 aromatic rings. The highest BCUT2D eigenvalue weighted by atomic mass is 16.5. The molecule has 1 atom stereocenters. The Kier molecular flexibility index (Phi) is 4.54. The molecule has 0 radical (unpaired) electrons. The summed E-state index contributed by atoms with van der Waals surface area (Å²) in [6.07, 6.45) is 0.779. The van der Waals surface area contributed by atoms with Crippen molar-refractivity contribution in [3.63, 3.8) is 0 Å². The highest BCUT2D eigenvalue weighted by molar-refractivity contribution is 6.07. The number of hydrogen-bond donors (Lipinski definition) is 1. The maximum atomic E-state index is 13.3. The average Bonchev–Trinajstić information content (AvgIpc) is 3.23. The molecule has 3 amide bonds. The summed E-state index contributed by atoms with van der Waals surface area (Å²) in [6.45, 7) is 2.71. The van der Waals surface area contributed by atoms with Crippen LogP contribution < -0.4 is 14.8 Å². The lowest BCUT2D eigenvalue weighted by Gasteiger charge is -2.23. The van der Waals surface area contributed by atoms with E-state index in [9.17, 15) is 9.59 Å². The van der Waals surface area contributed by atoms with Gasteiger partial charge in [0.25, 0.3) is 5.91 Å². The van der Waals surface area contributed by atoms with E-state index in [4.69, 9.17) is 9.47 Å². The number of benzene rings is 2. The van der Waals surface area contributed by atoms with Gasteiger partial charge in [0, 0.05) is 6.42 Å². The van der Waals surface area contributed by atoms with Gasteiger partial charge in [-0.25, -0.2) is 4.79 Å². The van der Waals surface area contributed by atoms with Crippen molar-refractivity contribution in [3.05, 3.63) is 59.9 Å². The van der Waals surface area contributed by atoms with E-state index in [2.05, 4.69) is 20.8 Å². The quantitative estimate of drug-likeness (QED) is 0.641. The molecule has 2 aromatic carbocycles. The van der Waals surface area contributed by atoms with Crippen LogP contribution in [0.15, 0.2) is 48.5 Å². The van der Waals surface area contributed by atoms with Crippen molar-refractivity contribution in [1.29, 1.82) is 0 Å². The third kappa shape index (κ3) is 3.25. The number of carbonyl (C=O) groups excluding carboxylic acids is 2. The Morgan fingerprint density at radius 3 is 2.65 bits per heavy atom. The highest BCUT2D eigenvalue weighted by Crippen LogP contribution is 2.37. The molecule has 3 heterocycles. The molecule has 0 saturated carbocycles. The molecule has 31 heavy (non-hydrogen) atoms. The number of amides is 3. The Bertz CT molecular complexity index is 1150. The van der Waals surface area contributed by atoms with Gasteiger partial charge in [0.1, 0.15) is 5.54 Å². The van der Waals surface area contributed by atoms with Crippen LogP contribution in [-0.2, 0) is 16.9 Å². The van der Waals surface area contributed by atoms with Gasteiger partial charge in [-0.15, -0.1) is 5.10 Å². The number of tetrazole rings is 1. The molecule has 1 saturated heterocycles. The second-order valence-electron chi connectivity index (χ2n) is 7.50. The topological polar surface area (TPSA) is 111 Å². The van der Waals surface area contributed by atoms with Crippen LogP contribution in [0.2, 0.25) is 0 Å². The molecular formula is C21H20N6O4. The number of aromatic nitrogens is 4. The first-order valence-corrected chi connectivity index (χ1v) is 9.93. The van der Waals surface area contributed by atoms with Gasteiger partial charge in [-0.05, 0) is 47.2 Å². The zero-order valence-corrected chi connectivity index (χ0v) is 16.8. The van der Waals surface area contributed by atoms with Gasteiger partial charge in [-0.2, -0.15) is 4.68 Å². The largest absolute Gasteiger partial charge is 0.490 e. The average molecular weight is 420 g/mol. The summed E-state index contributed by atoms with van der Waals surface area (Å²) in [5.74, 6) is 1.16. The van der Waals surface area contributed by atoms with Crippen molar-refractivity contribution in [1.82, 2.24) is 30.4 Å². The molecule has 2 aliphatic heterocycles. The number of rotatable bonds is 4. The number of imide groups is 1. The van der Waals surface area contributed by atoms with E-state index in [0.29, 0.717) is 36.1 Å². The van der Waals surface area contributed by atoms with Gasteiger partial charge >= 0.3 is 6.03 Å². The van der Waals surface area contributed by atoms with Crippen molar-refractivity contribution < 1.29 is 19.1 Å². The van der Waals surface area contributed by atoms with Crippen LogP contribution in [0, 0.1) is 0 Å². The Morgan fingerprint density at radius 1 is 1.06 bits per heavy atom. The first-order chi connectivity index (χ1) is 15.1. The molecule has 2 aliphatic rings. The van der Waals surface area contributed by atoms with E-state index < -0.39 is 17.5 Å². The van der Waals surface area contributed by atoms with Crippen molar-refractivity contribution in [2.75, 3.05) is 13.2 Å². The normalized spacial score (nSPS) is 20.5. The zero-order valence-electron chi connectivity index (χ0n) is 16.8. The summed E-state index contributed by atoms with van der Waals surface area (Å²) in [7, 11) is 0. The fraction of sp³-hybridized carbons (Fsp3) is 0.286. The lowest BCUT2D eigenvalue weighted by atomic mass is 9.91. The smallest absolute Gasteiger partial charge is 0.325 e. The molecule has 5 rings (SSSR count). The van der Waals surface area contributed by atoms with Crippen LogP contribution in [0.5, 0.6) is 11.5 Å². The minimum absolute atomic E-state index is 0.0628. The number of para-hydroxylation sites is 1. The van der Waals surface area contributed by atoms with Gasteiger partial charge < -0.3 is 14.8 Å². The first kappa shape index (κ1) is 19.0. The number of hydrogen-bond acceptors (Lipinski definition) is 7. The van der Waals surface area contributed by atoms with E-state index in [1.54, 1.807) is 25.1 Å². The van der Waals surface area contributed by atoms with E-state index in [0.717, 1.165) is 17.0 Å². The van der Waals surface area contributed by atoms with Crippen LogP contribution in [0.3, 0.4) is 0 Å². The molecule has 10 nitrogen and oxygen atoms in total. The lowest BCUT2D eigenvalue weighted by molar-refractivity contribution is -0.131. The summed E-state index contributed by atoms with van der Waals surface area (Å²) < 4.78 is 12.9. The van der Waals surface area contributed by atoms with Gasteiger partial charge in [-0.3, -0.25) is 9.69 Å². The second-order valence-corrected chi connectivity index (χ2v) is 7.50. The molecular weight excluding hydrogens is 400 g/mol. The Balaban J connectivity index is 1.43. The van der Waals surface area contributed by atoms with Gasteiger partial charge in [-0.1, -0.05) is 24.3 Å². The van der Waals surface area contributed by atoms with Crippen molar-refractivity contribution in [3.8, 4) is 17.2 Å². The fourth-order valence-electron chi connectivity index (χ4n) is 3.73. The third-order valence-corrected chi connectivity index (χ3v) is 5.43. The standard InChI is InChI=1S/C21H20N6O4/c1-21(14-8-9-16-17(12-14)31-11-5-10-30-16)19(28)26(20(29)22-21)13-18-23-24-25-27(18)15-6-3-2-4-7-15/h2-4,6-9,12H,5,10-11,13H2,1H3,(H,22,29)/t21-/m1/s1. The minimum atomic E-state index is -1.24. The number of carbonyl (C=O) groups is 2. The van der Waals surface area contributed by atoms with E-state index in [-0.39, 0.29) is 6.54 Å². The number of urea groups is 1. The molecule has 158 valence electrons. The predicted octanol–water partition coefficient (Wildman–Crippen LogP) is 1.79. The van der Waals surface area contributed by atoms with Gasteiger partial charge in [0.05, 0.1) is 25.4 Å². The molecule has 1 aromatic heterocycles. The second kappa shape index (κ2) is 7.38. The Morgan fingerprint density at radius 2 is 1.84 bits per heavy atom. The van der Waals surface area contributed by atoms with Crippen LogP contribution in [0.25, 0.3) is 5.69 Å². The Hall–Kier alpha value is -3.95. The van der Waals surface area contributed by atoms with Gasteiger partial charge in [0.15, 0.2) is 17.3 Å². The zero-order chi connectivity index (χ0) is 21.4. The summed E-state index contributed by atoms with van der Waals surface area (Å²) >= 11 is 0. The maximum absolute atomic E-state index is 13.3. The molecule has 0 unspecified atom stereocenters. The van der Waals surface area contributed by atoms with Crippen LogP contribution in [0.1, 0.15) is 24.7 Å². The first-order valence-electron chi connectivity index (χ1n) is 9.93. The van der Waals surface area contributed by atoms with Crippen molar-refractivity contribution in [2.24, 2.45) is 0 Å².